The zero-order chi connectivity index (χ0) is 17.8. The first-order valence-corrected chi connectivity index (χ1v) is 9.07. The quantitative estimate of drug-likeness (QED) is 0.408. The molecule has 0 fully saturated rings. The molecule has 0 aliphatic carbocycles. The van der Waals surface area contributed by atoms with E-state index in [1.807, 2.05) is 6.20 Å². The summed E-state index contributed by atoms with van der Waals surface area (Å²) < 4.78 is 0. The van der Waals surface area contributed by atoms with Gasteiger partial charge >= 0.3 is 0 Å². The third kappa shape index (κ3) is 2.66. The van der Waals surface area contributed by atoms with Crippen molar-refractivity contribution in [3.63, 3.8) is 0 Å². The first-order chi connectivity index (χ1) is 11.8. The highest BCUT2D eigenvalue weighted by molar-refractivity contribution is 6.04. The molecule has 2 nitrogen and oxygen atoms in total. The molecular formula is C23H26N2. The average Bonchev–Trinajstić information content (AvgIpc) is 3.19. The van der Waals surface area contributed by atoms with Crippen molar-refractivity contribution in [2.45, 2.75) is 46.0 Å². The van der Waals surface area contributed by atoms with Gasteiger partial charge in [0, 0.05) is 39.8 Å². The second kappa shape index (κ2) is 5.52. The topological polar surface area (TPSA) is 31.6 Å². The Morgan fingerprint density at radius 2 is 1.68 bits per heavy atom. The van der Waals surface area contributed by atoms with Crippen molar-refractivity contribution < 1.29 is 0 Å². The third-order valence-corrected chi connectivity index (χ3v) is 5.19. The molecule has 4 rings (SSSR count). The molecule has 0 aliphatic heterocycles. The lowest BCUT2D eigenvalue weighted by Crippen LogP contribution is -2.10. The highest BCUT2D eigenvalue weighted by atomic mass is 14.7. The molecule has 2 heteroatoms. The van der Waals surface area contributed by atoms with Gasteiger partial charge in [-0.25, -0.2) is 0 Å². The van der Waals surface area contributed by atoms with Crippen LogP contribution < -0.4 is 0 Å². The summed E-state index contributed by atoms with van der Waals surface area (Å²) in [6, 6.07) is 13.6. The number of hydrogen-bond donors (Lipinski definition) is 2. The van der Waals surface area contributed by atoms with Crippen LogP contribution in [0.25, 0.3) is 32.9 Å². The molecule has 0 saturated heterocycles. The van der Waals surface area contributed by atoms with Crippen molar-refractivity contribution in [3.8, 4) is 11.1 Å². The van der Waals surface area contributed by atoms with E-state index in [0.29, 0.717) is 5.92 Å². The Labute approximate surface area is 149 Å². The molecule has 0 unspecified atom stereocenters. The van der Waals surface area contributed by atoms with Gasteiger partial charge < -0.3 is 9.97 Å². The zero-order valence-corrected chi connectivity index (χ0v) is 15.7. The maximum absolute atomic E-state index is 3.49. The Morgan fingerprint density at radius 1 is 0.880 bits per heavy atom. The van der Waals surface area contributed by atoms with Crippen LogP contribution in [0.1, 0.15) is 51.7 Å². The molecule has 0 atom stereocenters. The fourth-order valence-corrected chi connectivity index (χ4v) is 3.56. The van der Waals surface area contributed by atoms with Crippen LogP contribution in [-0.4, -0.2) is 9.97 Å². The standard InChI is InChI=1S/C23H26N2/c1-14(2)16-10-15-8-9-24-22(15)19(11-16)20-13-25-21-12-17(23(3,4)5)6-7-18(20)21/h6-14,24-25H,1-5H3. The number of fused-ring (bicyclic) bond motifs is 2. The van der Waals surface area contributed by atoms with Crippen molar-refractivity contribution in [1.82, 2.24) is 9.97 Å². The van der Waals surface area contributed by atoms with Gasteiger partial charge in [-0.3, -0.25) is 0 Å². The van der Waals surface area contributed by atoms with Crippen LogP contribution in [0.5, 0.6) is 0 Å². The van der Waals surface area contributed by atoms with Gasteiger partial charge in [0.15, 0.2) is 0 Å². The SMILES string of the molecule is CC(C)c1cc(-c2c[nH]c3cc(C(C)(C)C)ccc23)c2[nH]ccc2c1. The van der Waals surface area contributed by atoms with Gasteiger partial charge in [0.05, 0.1) is 5.52 Å². The lowest BCUT2D eigenvalue weighted by atomic mass is 9.86. The molecule has 0 bridgehead atoms. The molecule has 2 heterocycles. The largest absolute Gasteiger partial charge is 0.361 e. The summed E-state index contributed by atoms with van der Waals surface area (Å²) in [4.78, 5) is 6.92. The first-order valence-electron chi connectivity index (χ1n) is 9.07. The summed E-state index contributed by atoms with van der Waals surface area (Å²) in [5.74, 6) is 0.510. The average molecular weight is 330 g/mol. The summed E-state index contributed by atoms with van der Waals surface area (Å²) in [5.41, 5.74) is 7.86. The predicted octanol–water partition coefficient (Wildman–Crippen LogP) is 6.74. The van der Waals surface area contributed by atoms with Gasteiger partial charge in [-0.2, -0.15) is 0 Å². The molecule has 2 N–H and O–H groups in total. The second-order valence-corrected chi connectivity index (χ2v) is 8.38. The van der Waals surface area contributed by atoms with Crippen LogP contribution in [0.4, 0.5) is 0 Å². The van der Waals surface area contributed by atoms with Crippen molar-refractivity contribution in [3.05, 3.63) is 59.9 Å². The smallest absolute Gasteiger partial charge is 0.0534 e. The molecule has 2 aromatic carbocycles. The van der Waals surface area contributed by atoms with Gasteiger partial charge in [-0.1, -0.05) is 46.8 Å². The normalized spacial score (nSPS) is 12.6. The molecule has 128 valence electrons. The van der Waals surface area contributed by atoms with E-state index in [0.717, 1.165) is 0 Å². The molecule has 25 heavy (non-hydrogen) atoms. The number of aromatic nitrogens is 2. The monoisotopic (exact) mass is 330 g/mol. The number of aromatic amines is 2. The minimum Gasteiger partial charge on any atom is -0.361 e. The van der Waals surface area contributed by atoms with Crippen molar-refractivity contribution in [2.75, 3.05) is 0 Å². The Hall–Kier alpha value is -2.48. The first kappa shape index (κ1) is 16.0. The lowest BCUT2D eigenvalue weighted by Gasteiger charge is -2.19. The van der Waals surface area contributed by atoms with Crippen LogP contribution in [0, 0.1) is 0 Å². The lowest BCUT2D eigenvalue weighted by molar-refractivity contribution is 0.591. The highest BCUT2D eigenvalue weighted by Crippen LogP contribution is 2.37. The van der Waals surface area contributed by atoms with Crippen molar-refractivity contribution in [1.29, 1.82) is 0 Å². The van der Waals surface area contributed by atoms with E-state index >= 15 is 0 Å². The van der Waals surface area contributed by atoms with E-state index in [1.54, 1.807) is 0 Å². The number of benzene rings is 2. The van der Waals surface area contributed by atoms with Crippen LogP contribution in [0.3, 0.4) is 0 Å². The van der Waals surface area contributed by atoms with Gasteiger partial charge in [-0.05, 0) is 46.7 Å². The molecule has 0 radical (unpaired) electrons. The van der Waals surface area contributed by atoms with Gasteiger partial charge in [0.2, 0.25) is 0 Å². The number of H-pyrrole nitrogens is 2. The summed E-state index contributed by atoms with van der Waals surface area (Å²) >= 11 is 0. The van der Waals surface area contributed by atoms with E-state index in [9.17, 15) is 0 Å². The van der Waals surface area contributed by atoms with Crippen molar-refractivity contribution in [2.24, 2.45) is 0 Å². The van der Waals surface area contributed by atoms with Crippen LogP contribution >= 0.6 is 0 Å². The molecule has 2 aromatic heterocycles. The van der Waals surface area contributed by atoms with E-state index in [-0.39, 0.29) is 5.41 Å². The Bertz CT molecular complexity index is 1050. The summed E-state index contributed by atoms with van der Waals surface area (Å²) in [5, 5.41) is 2.56. The van der Waals surface area contributed by atoms with Crippen LogP contribution in [0.2, 0.25) is 0 Å². The van der Waals surface area contributed by atoms with E-state index in [2.05, 4.69) is 87.2 Å². The highest BCUT2D eigenvalue weighted by Gasteiger charge is 2.17. The van der Waals surface area contributed by atoms with Gasteiger partial charge in [0.1, 0.15) is 0 Å². The Balaban J connectivity index is 1.96. The summed E-state index contributed by atoms with van der Waals surface area (Å²) in [6.45, 7) is 11.3. The number of rotatable bonds is 2. The molecule has 0 amide bonds. The Kier molecular flexibility index (Phi) is 3.54. The summed E-state index contributed by atoms with van der Waals surface area (Å²) in [6.07, 6.45) is 4.18. The van der Waals surface area contributed by atoms with Gasteiger partial charge in [-0.15, -0.1) is 0 Å². The minimum atomic E-state index is 0.156. The maximum Gasteiger partial charge on any atom is 0.0534 e. The molecule has 4 aromatic rings. The molecule has 0 aliphatic rings. The summed E-state index contributed by atoms with van der Waals surface area (Å²) in [7, 11) is 0. The predicted molar refractivity (Wildman–Crippen MR) is 108 cm³/mol. The van der Waals surface area contributed by atoms with E-state index in [1.165, 1.54) is 44.1 Å². The number of nitrogens with one attached hydrogen (secondary N) is 2. The molecular weight excluding hydrogens is 304 g/mol. The Morgan fingerprint density at radius 3 is 2.40 bits per heavy atom. The maximum atomic E-state index is 3.49. The second-order valence-electron chi connectivity index (χ2n) is 8.38. The minimum absolute atomic E-state index is 0.156. The van der Waals surface area contributed by atoms with Crippen LogP contribution in [-0.2, 0) is 5.41 Å². The van der Waals surface area contributed by atoms with E-state index < -0.39 is 0 Å². The fourth-order valence-electron chi connectivity index (χ4n) is 3.56. The molecule has 0 spiro atoms. The fraction of sp³-hybridized carbons (Fsp3) is 0.304. The van der Waals surface area contributed by atoms with Gasteiger partial charge in [0.25, 0.3) is 0 Å². The van der Waals surface area contributed by atoms with Crippen molar-refractivity contribution >= 4 is 21.8 Å². The van der Waals surface area contributed by atoms with E-state index in [4.69, 9.17) is 0 Å². The number of hydrogen-bond acceptors (Lipinski definition) is 0. The molecule has 0 saturated carbocycles. The third-order valence-electron chi connectivity index (χ3n) is 5.19. The van der Waals surface area contributed by atoms with Crippen LogP contribution in [0.15, 0.2) is 48.8 Å². The zero-order valence-electron chi connectivity index (χ0n) is 15.7.